The van der Waals surface area contributed by atoms with Crippen LogP contribution in [-0.2, 0) is 0 Å². The molecule has 1 rings (SSSR count). The van der Waals surface area contributed by atoms with Crippen LogP contribution in [0.5, 0.6) is 0 Å². The number of aromatic nitrogens is 2. The van der Waals surface area contributed by atoms with Crippen molar-refractivity contribution in [1.29, 1.82) is 0 Å². The summed E-state index contributed by atoms with van der Waals surface area (Å²) >= 11 is 3.17. The second-order valence-corrected chi connectivity index (χ2v) is 5.57. The Morgan fingerprint density at radius 2 is 2.29 bits per heavy atom. The fraction of sp³-hybridized carbons (Fsp3) is 0.750. The molecular weight excluding hydrogens is 216 g/mol. The number of nitrogen functional groups attached to an aromatic ring is 1. The third kappa shape index (κ3) is 4.78. The standard InChI is InChI=1S/C8H16N4S2/c1-6(2)10-4-3-5-13-8-12-11-7(9)14-8/h6,10H,3-5H2,1-2H3,(H2,9,11). The molecule has 14 heavy (non-hydrogen) atoms. The van der Waals surface area contributed by atoms with Gasteiger partial charge in [0.25, 0.3) is 0 Å². The molecule has 0 unspecified atom stereocenters. The zero-order chi connectivity index (χ0) is 10.4. The predicted octanol–water partition coefficient (Wildman–Crippen LogP) is 1.60. The third-order valence-corrected chi connectivity index (χ3v) is 3.49. The molecule has 0 saturated heterocycles. The summed E-state index contributed by atoms with van der Waals surface area (Å²) in [5.74, 6) is 1.06. The van der Waals surface area contributed by atoms with Crippen molar-refractivity contribution in [2.75, 3.05) is 18.0 Å². The summed E-state index contributed by atoms with van der Waals surface area (Å²) in [5.41, 5.74) is 5.47. The summed E-state index contributed by atoms with van der Waals surface area (Å²) < 4.78 is 0.965. The Bertz CT molecular complexity index is 262. The molecule has 0 fully saturated rings. The Labute approximate surface area is 92.7 Å². The minimum absolute atomic E-state index is 0.549. The molecule has 1 aromatic heterocycles. The molecule has 80 valence electrons. The summed E-state index contributed by atoms with van der Waals surface area (Å²) in [7, 11) is 0. The first-order chi connectivity index (χ1) is 6.68. The van der Waals surface area contributed by atoms with Crippen molar-refractivity contribution in [2.24, 2.45) is 0 Å². The van der Waals surface area contributed by atoms with E-state index in [1.807, 2.05) is 0 Å². The second kappa shape index (κ2) is 6.21. The average Bonchev–Trinajstić information content (AvgIpc) is 2.50. The smallest absolute Gasteiger partial charge is 0.203 e. The fourth-order valence-corrected chi connectivity index (χ4v) is 2.55. The quantitative estimate of drug-likeness (QED) is 0.576. The lowest BCUT2D eigenvalue weighted by atomic mass is 10.4. The largest absolute Gasteiger partial charge is 0.374 e. The number of nitrogens with one attached hydrogen (secondary N) is 1. The van der Waals surface area contributed by atoms with Crippen LogP contribution in [0.25, 0.3) is 0 Å². The van der Waals surface area contributed by atoms with Crippen LogP contribution in [0.4, 0.5) is 5.13 Å². The molecule has 4 nitrogen and oxygen atoms in total. The van der Waals surface area contributed by atoms with E-state index >= 15 is 0 Å². The van der Waals surface area contributed by atoms with Crippen molar-refractivity contribution < 1.29 is 0 Å². The first-order valence-corrected chi connectivity index (χ1v) is 6.44. The van der Waals surface area contributed by atoms with Gasteiger partial charge in [-0.25, -0.2) is 0 Å². The summed E-state index contributed by atoms with van der Waals surface area (Å²) in [5, 5.41) is 11.6. The first-order valence-electron chi connectivity index (χ1n) is 4.63. The molecule has 0 aliphatic carbocycles. The molecule has 0 amide bonds. The molecular formula is C8H16N4S2. The van der Waals surface area contributed by atoms with Crippen LogP contribution in [0, 0.1) is 0 Å². The number of rotatable bonds is 6. The van der Waals surface area contributed by atoms with E-state index < -0.39 is 0 Å². The Balaban J connectivity index is 2.04. The van der Waals surface area contributed by atoms with E-state index in [1.165, 1.54) is 11.3 Å². The maximum absolute atomic E-state index is 5.47. The SMILES string of the molecule is CC(C)NCCCSc1nnc(N)s1. The van der Waals surface area contributed by atoms with Gasteiger partial charge >= 0.3 is 0 Å². The van der Waals surface area contributed by atoms with E-state index in [9.17, 15) is 0 Å². The molecule has 0 radical (unpaired) electrons. The number of thioether (sulfide) groups is 1. The Kier molecular flexibility index (Phi) is 5.21. The first kappa shape index (κ1) is 11.7. The van der Waals surface area contributed by atoms with Crippen LogP contribution in [0.1, 0.15) is 20.3 Å². The number of nitrogens with zero attached hydrogens (tertiary/aromatic N) is 2. The van der Waals surface area contributed by atoms with E-state index in [2.05, 4.69) is 29.4 Å². The number of anilines is 1. The molecule has 6 heteroatoms. The summed E-state index contributed by atoms with van der Waals surface area (Å²) in [6.07, 6.45) is 1.14. The van der Waals surface area contributed by atoms with Crippen LogP contribution in [-0.4, -0.2) is 28.5 Å². The minimum Gasteiger partial charge on any atom is -0.374 e. The van der Waals surface area contributed by atoms with Gasteiger partial charge in [0.1, 0.15) is 0 Å². The lowest BCUT2D eigenvalue weighted by molar-refractivity contribution is 0.586. The maximum Gasteiger partial charge on any atom is 0.203 e. The second-order valence-electron chi connectivity index (χ2n) is 3.22. The summed E-state index contributed by atoms with van der Waals surface area (Å²) in [6, 6.07) is 0.567. The molecule has 1 heterocycles. The van der Waals surface area contributed by atoms with Crippen molar-refractivity contribution in [2.45, 2.75) is 30.6 Å². The average molecular weight is 232 g/mol. The van der Waals surface area contributed by atoms with E-state index in [0.29, 0.717) is 11.2 Å². The molecule has 0 aromatic carbocycles. The van der Waals surface area contributed by atoms with Gasteiger partial charge in [-0.15, -0.1) is 10.2 Å². The van der Waals surface area contributed by atoms with Gasteiger partial charge in [0.2, 0.25) is 5.13 Å². The molecule has 0 bridgehead atoms. The minimum atomic E-state index is 0.549. The molecule has 0 aliphatic heterocycles. The van der Waals surface area contributed by atoms with Gasteiger partial charge < -0.3 is 11.1 Å². The van der Waals surface area contributed by atoms with Gasteiger partial charge in [0.15, 0.2) is 4.34 Å². The van der Waals surface area contributed by atoms with Crippen LogP contribution < -0.4 is 11.1 Å². The predicted molar refractivity (Wildman–Crippen MR) is 62.8 cm³/mol. The number of hydrogen-bond acceptors (Lipinski definition) is 6. The number of nitrogens with two attached hydrogens (primary N) is 1. The zero-order valence-electron chi connectivity index (χ0n) is 8.49. The normalized spacial score (nSPS) is 11.1. The van der Waals surface area contributed by atoms with E-state index in [0.717, 1.165) is 23.1 Å². The molecule has 0 saturated carbocycles. The van der Waals surface area contributed by atoms with Crippen LogP contribution in [0.2, 0.25) is 0 Å². The highest BCUT2D eigenvalue weighted by atomic mass is 32.2. The van der Waals surface area contributed by atoms with E-state index in [4.69, 9.17) is 5.73 Å². The lowest BCUT2D eigenvalue weighted by Crippen LogP contribution is -2.23. The van der Waals surface area contributed by atoms with Crippen molar-refractivity contribution in [3.63, 3.8) is 0 Å². The topological polar surface area (TPSA) is 63.8 Å². The summed E-state index contributed by atoms with van der Waals surface area (Å²) in [4.78, 5) is 0. The van der Waals surface area contributed by atoms with Crippen molar-refractivity contribution in [1.82, 2.24) is 15.5 Å². The zero-order valence-corrected chi connectivity index (χ0v) is 10.1. The highest BCUT2D eigenvalue weighted by molar-refractivity contribution is 8.01. The summed E-state index contributed by atoms with van der Waals surface area (Å²) in [6.45, 7) is 5.36. The highest BCUT2D eigenvalue weighted by Crippen LogP contribution is 2.23. The lowest BCUT2D eigenvalue weighted by Gasteiger charge is -2.06. The van der Waals surface area contributed by atoms with Crippen LogP contribution in [0.3, 0.4) is 0 Å². The third-order valence-electron chi connectivity index (χ3n) is 1.52. The van der Waals surface area contributed by atoms with Crippen molar-refractivity contribution in [3.05, 3.63) is 0 Å². The van der Waals surface area contributed by atoms with Gasteiger partial charge in [-0.05, 0) is 13.0 Å². The molecule has 0 aliphatic rings. The molecule has 1 aromatic rings. The highest BCUT2D eigenvalue weighted by Gasteiger charge is 2.00. The van der Waals surface area contributed by atoms with Crippen LogP contribution >= 0.6 is 23.1 Å². The Morgan fingerprint density at radius 1 is 1.50 bits per heavy atom. The van der Waals surface area contributed by atoms with Gasteiger partial charge in [0.05, 0.1) is 0 Å². The van der Waals surface area contributed by atoms with Crippen molar-refractivity contribution in [3.8, 4) is 0 Å². The number of hydrogen-bond donors (Lipinski definition) is 2. The van der Waals surface area contributed by atoms with Gasteiger partial charge in [-0.3, -0.25) is 0 Å². The van der Waals surface area contributed by atoms with E-state index in [1.54, 1.807) is 11.8 Å². The Morgan fingerprint density at radius 3 is 2.86 bits per heavy atom. The van der Waals surface area contributed by atoms with E-state index in [-0.39, 0.29) is 0 Å². The van der Waals surface area contributed by atoms with Crippen molar-refractivity contribution >= 4 is 28.2 Å². The van der Waals surface area contributed by atoms with Gasteiger partial charge in [-0.1, -0.05) is 36.9 Å². The van der Waals surface area contributed by atoms with Gasteiger partial charge in [-0.2, -0.15) is 0 Å². The molecule has 0 atom stereocenters. The maximum atomic E-state index is 5.47. The van der Waals surface area contributed by atoms with Gasteiger partial charge in [0, 0.05) is 11.8 Å². The monoisotopic (exact) mass is 232 g/mol. The van der Waals surface area contributed by atoms with Crippen LogP contribution in [0.15, 0.2) is 4.34 Å². The molecule has 0 spiro atoms. The molecule has 3 N–H and O–H groups in total. The fourth-order valence-electron chi connectivity index (χ4n) is 0.901. The Hall–Kier alpha value is -0.330.